The van der Waals surface area contributed by atoms with Crippen LogP contribution in [0.4, 0.5) is 0 Å². The summed E-state index contributed by atoms with van der Waals surface area (Å²) in [7, 11) is 1.68. The van der Waals surface area contributed by atoms with Crippen LogP contribution in [-0.4, -0.2) is 26.1 Å². The minimum Gasteiger partial charge on any atom is -0.380 e. The fourth-order valence-corrected chi connectivity index (χ4v) is 2.43. The van der Waals surface area contributed by atoms with Gasteiger partial charge in [0.2, 0.25) is 5.91 Å². The molecular weight excluding hydrogens is 276 g/mol. The van der Waals surface area contributed by atoms with Gasteiger partial charge in [0.25, 0.3) is 0 Å². The second-order valence-electron chi connectivity index (χ2n) is 4.96. The van der Waals surface area contributed by atoms with E-state index in [1.807, 2.05) is 24.3 Å². The van der Waals surface area contributed by atoms with Crippen LogP contribution >= 0.6 is 12.4 Å². The van der Waals surface area contributed by atoms with Gasteiger partial charge in [-0.05, 0) is 30.5 Å². The van der Waals surface area contributed by atoms with E-state index in [0.29, 0.717) is 13.2 Å². The fraction of sp³-hybridized carbons (Fsp3) is 0.533. The van der Waals surface area contributed by atoms with Gasteiger partial charge in [-0.3, -0.25) is 4.79 Å². The van der Waals surface area contributed by atoms with Crippen LogP contribution in [0.25, 0.3) is 0 Å². The highest BCUT2D eigenvalue weighted by Gasteiger charge is 2.20. The fourth-order valence-electron chi connectivity index (χ4n) is 2.43. The maximum Gasteiger partial charge on any atom is 0.224 e. The van der Waals surface area contributed by atoms with Crippen LogP contribution in [-0.2, 0) is 22.7 Å². The number of carbonyl (C=O) groups excluding carboxylic acids is 1. The Morgan fingerprint density at radius 2 is 2.15 bits per heavy atom. The van der Waals surface area contributed by atoms with Crippen molar-refractivity contribution in [2.75, 3.05) is 20.2 Å². The van der Waals surface area contributed by atoms with E-state index >= 15 is 0 Å². The van der Waals surface area contributed by atoms with E-state index in [1.54, 1.807) is 7.11 Å². The van der Waals surface area contributed by atoms with Gasteiger partial charge < -0.3 is 15.4 Å². The zero-order valence-electron chi connectivity index (χ0n) is 11.9. The average Bonchev–Trinajstić information content (AvgIpc) is 2.47. The summed E-state index contributed by atoms with van der Waals surface area (Å²) >= 11 is 0. The zero-order chi connectivity index (χ0) is 13.5. The van der Waals surface area contributed by atoms with Crippen molar-refractivity contribution in [2.45, 2.75) is 26.0 Å². The highest BCUT2D eigenvalue weighted by atomic mass is 35.5. The Hall–Kier alpha value is -1.10. The predicted molar refractivity (Wildman–Crippen MR) is 81.8 cm³/mol. The first-order chi connectivity index (χ1) is 9.31. The largest absolute Gasteiger partial charge is 0.380 e. The number of amides is 1. The molecule has 1 atom stereocenters. The van der Waals surface area contributed by atoms with Crippen molar-refractivity contribution in [1.82, 2.24) is 10.6 Å². The van der Waals surface area contributed by atoms with E-state index in [0.717, 1.165) is 37.1 Å². The van der Waals surface area contributed by atoms with E-state index in [-0.39, 0.29) is 24.2 Å². The second-order valence-corrected chi connectivity index (χ2v) is 4.96. The van der Waals surface area contributed by atoms with E-state index in [4.69, 9.17) is 4.74 Å². The molecule has 2 N–H and O–H groups in total. The van der Waals surface area contributed by atoms with Gasteiger partial charge in [-0.1, -0.05) is 24.3 Å². The summed E-state index contributed by atoms with van der Waals surface area (Å²) in [5.74, 6) is 0.266. The molecule has 1 aromatic rings. The van der Waals surface area contributed by atoms with Crippen molar-refractivity contribution in [3.8, 4) is 0 Å². The Bertz CT molecular complexity index is 420. The van der Waals surface area contributed by atoms with E-state index in [9.17, 15) is 4.79 Å². The van der Waals surface area contributed by atoms with Crippen LogP contribution in [0.5, 0.6) is 0 Å². The Labute approximate surface area is 126 Å². The topological polar surface area (TPSA) is 50.4 Å². The number of hydrogen-bond donors (Lipinski definition) is 2. The molecule has 0 saturated carbocycles. The van der Waals surface area contributed by atoms with Gasteiger partial charge in [0.1, 0.15) is 0 Å². The van der Waals surface area contributed by atoms with Crippen LogP contribution in [0.15, 0.2) is 24.3 Å². The number of piperidine rings is 1. The SMILES string of the molecule is COCc1ccccc1CNC(=O)[C@@H]1CCCNC1.Cl. The number of hydrogen-bond acceptors (Lipinski definition) is 3. The maximum atomic E-state index is 12.1. The number of carbonyl (C=O) groups is 1. The van der Waals surface area contributed by atoms with Gasteiger partial charge in [0, 0.05) is 20.2 Å². The highest BCUT2D eigenvalue weighted by Crippen LogP contribution is 2.12. The van der Waals surface area contributed by atoms with Crippen molar-refractivity contribution >= 4 is 18.3 Å². The third-order valence-corrected chi connectivity index (χ3v) is 3.54. The van der Waals surface area contributed by atoms with Crippen molar-refractivity contribution in [1.29, 1.82) is 0 Å². The van der Waals surface area contributed by atoms with Crippen molar-refractivity contribution < 1.29 is 9.53 Å². The Kier molecular flexibility index (Phi) is 7.59. The van der Waals surface area contributed by atoms with Crippen molar-refractivity contribution in [3.63, 3.8) is 0 Å². The highest BCUT2D eigenvalue weighted by molar-refractivity contribution is 5.85. The molecule has 1 aromatic carbocycles. The van der Waals surface area contributed by atoms with E-state index in [2.05, 4.69) is 10.6 Å². The van der Waals surface area contributed by atoms with E-state index < -0.39 is 0 Å². The second kappa shape index (κ2) is 8.95. The standard InChI is InChI=1S/C15H22N2O2.ClH/c1-19-11-14-6-3-2-5-12(14)10-17-15(18)13-7-4-8-16-9-13;/h2-3,5-6,13,16H,4,7-11H2,1H3,(H,17,18);1H/t13-;/m1./s1. The van der Waals surface area contributed by atoms with Crippen LogP contribution in [0.2, 0.25) is 0 Å². The van der Waals surface area contributed by atoms with Gasteiger partial charge in [-0.15, -0.1) is 12.4 Å². The molecule has 0 bridgehead atoms. The Balaban J connectivity index is 0.00000200. The molecule has 0 spiro atoms. The molecule has 1 aliphatic heterocycles. The van der Waals surface area contributed by atoms with Crippen molar-refractivity contribution in [3.05, 3.63) is 35.4 Å². The third-order valence-electron chi connectivity index (χ3n) is 3.54. The molecule has 1 fully saturated rings. The number of rotatable bonds is 5. The molecule has 0 radical (unpaired) electrons. The zero-order valence-corrected chi connectivity index (χ0v) is 12.7. The molecule has 5 heteroatoms. The Morgan fingerprint density at radius 3 is 2.80 bits per heavy atom. The molecule has 1 saturated heterocycles. The molecule has 0 aromatic heterocycles. The smallest absolute Gasteiger partial charge is 0.224 e. The summed E-state index contributed by atoms with van der Waals surface area (Å²) < 4.78 is 5.17. The quantitative estimate of drug-likeness (QED) is 0.872. The van der Waals surface area contributed by atoms with Crippen LogP contribution < -0.4 is 10.6 Å². The van der Waals surface area contributed by atoms with Crippen molar-refractivity contribution in [2.24, 2.45) is 5.92 Å². The number of nitrogens with one attached hydrogen (secondary N) is 2. The van der Waals surface area contributed by atoms with Gasteiger partial charge in [-0.2, -0.15) is 0 Å². The monoisotopic (exact) mass is 298 g/mol. The lowest BCUT2D eigenvalue weighted by Gasteiger charge is -2.22. The molecule has 0 unspecified atom stereocenters. The molecule has 20 heavy (non-hydrogen) atoms. The third kappa shape index (κ3) is 4.78. The first kappa shape index (κ1) is 17.0. The summed E-state index contributed by atoms with van der Waals surface area (Å²) in [6, 6.07) is 8.05. The summed E-state index contributed by atoms with van der Waals surface area (Å²) in [6.45, 7) is 2.98. The molecular formula is C15H23ClN2O2. The summed E-state index contributed by atoms with van der Waals surface area (Å²) in [5.41, 5.74) is 2.26. The number of benzene rings is 1. The van der Waals surface area contributed by atoms with Gasteiger partial charge in [-0.25, -0.2) is 0 Å². The average molecular weight is 299 g/mol. The normalized spacial score (nSPS) is 18.1. The summed E-state index contributed by atoms with van der Waals surface area (Å²) in [4.78, 5) is 12.1. The molecule has 4 nitrogen and oxygen atoms in total. The lowest BCUT2D eigenvalue weighted by molar-refractivity contribution is -0.125. The van der Waals surface area contributed by atoms with Crippen LogP contribution in [0.1, 0.15) is 24.0 Å². The molecule has 1 heterocycles. The molecule has 0 aliphatic carbocycles. The minimum absolute atomic E-state index is 0. The molecule has 1 amide bonds. The summed E-state index contributed by atoms with van der Waals surface area (Å²) in [5, 5.41) is 6.30. The first-order valence-corrected chi connectivity index (χ1v) is 6.85. The van der Waals surface area contributed by atoms with E-state index in [1.165, 1.54) is 0 Å². The van der Waals surface area contributed by atoms with Crippen LogP contribution in [0.3, 0.4) is 0 Å². The predicted octanol–water partition coefficient (Wildman–Crippen LogP) is 1.87. The number of methoxy groups -OCH3 is 1. The molecule has 2 rings (SSSR count). The molecule has 112 valence electrons. The lowest BCUT2D eigenvalue weighted by Crippen LogP contribution is -2.40. The summed E-state index contributed by atoms with van der Waals surface area (Å²) in [6.07, 6.45) is 2.07. The Morgan fingerprint density at radius 1 is 1.40 bits per heavy atom. The van der Waals surface area contributed by atoms with Crippen LogP contribution in [0, 0.1) is 5.92 Å². The lowest BCUT2D eigenvalue weighted by atomic mass is 9.98. The van der Waals surface area contributed by atoms with Gasteiger partial charge in [0.15, 0.2) is 0 Å². The first-order valence-electron chi connectivity index (χ1n) is 6.85. The van der Waals surface area contributed by atoms with Gasteiger partial charge in [0.05, 0.1) is 12.5 Å². The molecule has 1 aliphatic rings. The minimum atomic E-state index is 0. The maximum absolute atomic E-state index is 12.1. The van der Waals surface area contributed by atoms with Gasteiger partial charge >= 0.3 is 0 Å². The number of halogens is 1. The number of ether oxygens (including phenoxy) is 1.